The molecule has 1 aliphatic rings. The molecule has 1 aliphatic heterocycles. The largest absolute Gasteiger partial charge is 0.490 e. The summed E-state index contributed by atoms with van der Waals surface area (Å²) in [6, 6.07) is 0. The Kier molecular flexibility index (Phi) is 11.8. The van der Waals surface area contributed by atoms with Gasteiger partial charge in [-0.1, -0.05) is 0 Å². The van der Waals surface area contributed by atoms with Crippen LogP contribution in [0.15, 0.2) is 0 Å². The number of carboxylic acids is 2. The van der Waals surface area contributed by atoms with Crippen LogP contribution in [0.4, 0.5) is 26.3 Å². The summed E-state index contributed by atoms with van der Waals surface area (Å²) in [6.07, 6.45) is -7.39. The smallest absolute Gasteiger partial charge is 0.475 e. The molecule has 1 rings (SSSR count). The van der Waals surface area contributed by atoms with Crippen LogP contribution in [0.3, 0.4) is 0 Å². The molecule has 4 N–H and O–H groups in total. The minimum absolute atomic E-state index is 0.162. The van der Waals surface area contributed by atoms with Gasteiger partial charge in [-0.2, -0.15) is 26.3 Å². The molecule has 0 spiro atoms. The van der Waals surface area contributed by atoms with Crippen molar-refractivity contribution in [2.45, 2.75) is 31.6 Å². The summed E-state index contributed by atoms with van der Waals surface area (Å²) >= 11 is 0. The zero-order valence-corrected chi connectivity index (χ0v) is 15.4. The molecule has 0 aromatic heterocycles. The van der Waals surface area contributed by atoms with Gasteiger partial charge in [0.15, 0.2) is 0 Å². The maximum atomic E-state index is 11.2. The normalized spacial score (nSPS) is 15.9. The van der Waals surface area contributed by atoms with E-state index in [4.69, 9.17) is 25.0 Å². The highest BCUT2D eigenvalue weighted by Crippen LogP contribution is 2.21. The molecule has 10 nitrogen and oxygen atoms in total. The molecule has 0 aromatic carbocycles. The fourth-order valence-electron chi connectivity index (χ4n) is 1.75. The van der Waals surface area contributed by atoms with Crippen LogP contribution in [0.1, 0.15) is 19.3 Å². The van der Waals surface area contributed by atoms with Gasteiger partial charge in [0.2, 0.25) is 15.9 Å². The van der Waals surface area contributed by atoms with Gasteiger partial charge < -0.3 is 10.2 Å². The first kappa shape index (κ1) is 29.1. The minimum atomic E-state index is -5.08. The summed E-state index contributed by atoms with van der Waals surface area (Å²) in [6.45, 7) is 0.921. The van der Waals surface area contributed by atoms with Gasteiger partial charge in [0.25, 0.3) is 0 Å². The van der Waals surface area contributed by atoms with Crippen molar-refractivity contribution in [3.8, 4) is 0 Å². The predicted octanol–water partition coefficient (Wildman–Crippen LogP) is 0.820. The first-order valence-electron chi connectivity index (χ1n) is 7.30. The topological polar surface area (TPSA) is 161 Å². The highest BCUT2D eigenvalue weighted by molar-refractivity contribution is 7.88. The first-order valence-corrected chi connectivity index (χ1v) is 9.15. The molecule has 0 unspecified atom stereocenters. The van der Waals surface area contributed by atoms with Crippen molar-refractivity contribution in [1.29, 1.82) is 0 Å². The molecule has 0 atom stereocenters. The van der Waals surface area contributed by atoms with Gasteiger partial charge in [-0.05, 0) is 18.8 Å². The summed E-state index contributed by atoms with van der Waals surface area (Å²) in [4.78, 5) is 28.7. The lowest BCUT2D eigenvalue weighted by Gasteiger charge is -2.29. The molecule has 172 valence electrons. The van der Waals surface area contributed by atoms with Crippen molar-refractivity contribution < 1.29 is 64.6 Å². The number of piperidine rings is 1. The molecule has 1 fully saturated rings. The molecule has 29 heavy (non-hydrogen) atoms. The summed E-state index contributed by atoms with van der Waals surface area (Å²) in [5, 5.41) is 22.6. The quantitative estimate of drug-likeness (QED) is 0.271. The van der Waals surface area contributed by atoms with Crippen molar-refractivity contribution >= 4 is 27.9 Å². The zero-order chi connectivity index (χ0) is 23.6. The highest BCUT2D eigenvalue weighted by Gasteiger charge is 2.38. The lowest BCUT2D eigenvalue weighted by atomic mass is 9.94. The number of nitrogens with one attached hydrogen (secondary N) is 1. The number of hydrogen-bond acceptors (Lipinski definition) is 6. The molecule has 0 radical (unpaired) electrons. The Labute approximate surface area is 160 Å². The lowest BCUT2D eigenvalue weighted by Crippen LogP contribution is -2.38. The van der Waals surface area contributed by atoms with E-state index in [1.807, 2.05) is 0 Å². The van der Waals surface area contributed by atoms with Crippen LogP contribution in [-0.4, -0.2) is 77.7 Å². The molecule has 1 saturated heterocycles. The fraction of sp³-hybridized carbons (Fsp3) is 0.750. The second kappa shape index (κ2) is 11.8. The van der Waals surface area contributed by atoms with E-state index in [2.05, 4.69) is 0 Å². The molecule has 1 heterocycles. The van der Waals surface area contributed by atoms with Gasteiger partial charge in [0.1, 0.15) is 0 Å². The van der Waals surface area contributed by atoms with Gasteiger partial charge >= 0.3 is 24.3 Å². The SMILES string of the molecule is CS(=O)(=O)N1CCC(CC(=O)NO)CC1.O=C(O)C(F)(F)F.O=C(O)C(F)(F)F. The van der Waals surface area contributed by atoms with E-state index in [0.29, 0.717) is 25.9 Å². The highest BCUT2D eigenvalue weighted by atomic mass is 32.2. The van der Waals surface area contributed by atoms with Crippen LogP contribution in [0.5, 0.6) is 0 Å². The summed E-state index contributed by atoms with van der Waals surface area (Å²) in [5.41, 5.74) is 1.58. The minimum Gasteiger partial charge on any atom is -0.475 e. The Morgan fingerprint density at radius 2 is 1.28 bits per heavy atom. The number of hydrogen-bond donors (Lipinski definition) is 4. The third-order valence-electron chi connectivity index (χ3n) is 3.13. The van der Waals surface area contributed by atoms with Gasteiger partial charge in [0, 0.05) is 19.5 Å². The molecule has 0 aromatic rings. The second-order valence-corrected chi connectivity index (χ2v) is 7.43. The molecule has 1 amide bonds. The second-order valence-electron chi connectivity index (χ2n) is 5.45. The van der Waals surface area contributed by atoms with Crippen LogP contribution < -0.4 is 5.48 Å². The number of sulfonamides is 1. The number of aliphatic carboxylic acids is 2. The number of nitrogens with zero attached hydrogens (tertiary/aromatic N) is 1. The Morgan fingerprint density at radius 1 is 0.966 bits per heavy atom. The third-order valence-corrected chi connectivity index (χ3v) is 4.43. The lowest BCUT2D eigenvalue weighted by molar-refractivity contribution is -0.193. The Balaban J connectivity index is 0. The number of alkyl halides is 6. The van der Waals surface area contributed by atoms with Crippen molar-refractivity contribution in [2.75, 3.05) is 19.3 Å². The summed E-state index contributed by atoms with van der Waals surface area (Å²) < 4.78 is 87.2. The summed E-state index contributed by atoms with van der Waals surface area (Å²) in [5.74, 6) is -5.76. The van der Waals surface area contributed by atoms with Crippen molar-refractivity contribution in [3.05, 3.63) is 0 Å². The van der Waals surface area contributed by atoms with Crippen molar-refractivity contribution in [3.63, 3.8) is 0 Å². The number of carbonyl (C=O) groups excluding carboxylic acids is 1. The number of hydroxylamine groups is 1. The van der Waals surface area contributed by atoms with E-state index in [-0.39, 0.29) is 12.3 Å². The van der Waals surface area contributed by atoms with Crippen LogP contribution in [0, 0.1) is 5.92 Å². The van der Waals surface area contributed by atoms with Gasteiger partial charge in [-0.25, -0.2) is 27.8 Å². The third kappa shape index (κ3) is 14.5. The molecular formula is C12H18F6N2O8S. The number of halogens is 6. The monoisotopic (exact) mass is 464 g/mol. The van der Waals surface area contributed by atoms with E-state index in [0.717, 1.165) is 0 Å². The summed E-state index contributed by atoms with van der Waals surface area (Å²) in [7, 11) is -3.10. The predicted molar refractivity (Wildman–Crippen MR) is 81.1 cm³/mol. The molecule has 0 bridgehead atoms. The number of carbonyl (C=O) groups is 3. The molecule has 0 aliphatic carbocycles. The van der Waals surface area contributed by atoms with Crippen molar-refractivity contribution in [1.82, 2.24) is 9.79 Å². The number of carboxylic acid groups (broad SMARTS) is 2. The van der Waals surface area contributed by atoms with E-state index in [9.17, 15) is 39.6 Å². The van der Waals surface area contributed by atoms with Crippen LogP contribution in [0.2, 0.25) is 0 Å². The average Bonchev–Trinajstić information content (AvgIpc) is 2.53. The maximum Gasteiger partial charge on any atom is 0.490 e. The van der Waals surface area contributed by atoms with Crippen LogP contribution in [-0.2, 0) is 24.4 Å². The maximum absolute atomic E-state index is 11.2. The Morgan fingerprint density at radius 3 is 1.48 bits per heavy atom. The van der Waals surface area contributed by atoms with E-state index >= 15 is 0 Å². The Hall–Kier alpha value is -2.14. The molecule has 17 heteroatoms. The van der Waals surface area contributed by atoms with Gasteiger partial charge in [-0.3, -0.25) is 10.0 Å². The molecule has 0 saturated carbocycles. The number of rotatable bonds is 3. The van der Waals surface area contributed by atoms with Gasteiger partial charge in [0.05, 0.1) is 6.26 Å². The average molecular weight is 464 g/mol. The van der Waals surface area contributed by atoms with E-state index in [1.54, 1.807) is 5.48 Å². The van der Waals surface area contributed by atoms with E-state index < -0.39 is 40.2 Å². The zero-order valence-electron chi connectivity index (χ0n) is 14.6. The van der Waals surface area contributed by atoms with Crippen molar-refractivity contribution in [2.24, 2.45) is 5.92 Å². The Bertz CT molecular complexity index is 632. The standard InChI is InChI=1S/C8H16N2O4S.2C2HF3O2/c1-15(13,14)10-4-2-7(3-5-10)6-8(11)9-12;2*3-2(4,5)1(6)7/h7,12H,2-6H2,1H3,(H,9,11);2*(H,6,7). The van der Waals surface area contributed by atoms with E-state index in [1.165, 1.54) is 10.6 Å². The molecular weight excluding hydrogens is 446 g/mol. The number of amides is 1. The first-order chi connectivity index (χ1) is 12.8. The van der Waals surface area contributed by atoms with Crippen LogP contribution in [0.25, 0.3) is 0 Å². The van der Waals surface area contributed by atoms with Gasteiger partial charge in [-0.15, -0.1) is 0 Å². The van der Waals surface area contributed by atoms with Crippen LogP contribution >= 0.6 is 0 Å². The fourth-order valence-corrected chi connectivity index (χ4v) is 2.63.